The monoisotopic (exact) mass is 247 g/mol. The standard InChI is InChI=1S/C11H13N5O2/c17-10(14-9-2-5-13-18-9)11(3-1-4-11)6-8-7-12-16-15-8/h2,5,7H,1,3-4,6H2,(H,14,17)(H,12,15,16). The summed E-state index contributed by atoms with van der Waals surface area (Å²) >= 11 is 0. The Morgan fingerprint density at radius 1 is 1.56 bits per heavy atom. The normalized spacial score (nSPS) is 17.1. The smallest absolute Gasteiger partial charge is 0.233 e. The van der Waals surface area contributed by atoms with E-state index in [2.05, 4.69) is 25.9 Å². The van der Waals surface area contributed by atoms with Gasteiger partial charge in [0.1, 0.15) is 0 Å². The fourth-order valence-electron chi connectivity index (χ4n) is 2.27. The van der Waals surface area contributed by atoms with Crippen LogP contribution in [0.2, 0.25) is 0 Å². The molecule has 0 aromatic carbocycles. The van der Waals surface area contributed by atoms with E-state index in [1.54, 1.807) is 12.3 Å². The summed E-state index contributed by atoms with van der Waals surface area (Å²) in [7, 11) is 0. The molecule has 2 heterocycles. The summed E-state index contributed by atoms with van der Waals surface area (Å²) in [5.74, 6) is 0.347. The third-order valence-corrected chi connectivity index (χ3v) is 3.45. The average molecular weight is 247 g/mol. The maximum absolute atomic E-state index is 12.3. The van der Waals surface area contributed by atoms with Crippen molar-refractivity contribution >= 4 is 11.8 Å². The summed E-state index contributed by atoms with van der Waals surface area (Å²) in [5.41, 5.74) is 0.423. The quantitative estimate of drug-likeness (QED) is 0.844. The van der Waals surface area contributed by atoms with Crippen LogP contribution in [-0.2, 0) is 11.2 Å². The van der Waals surface area contributed by atoms with Crippen molar-refractivity contribution in [1.82, 2.24) is 20.6 Å². The van der Waals surface area contributed by atoms with Crippen molar-refractivity contribution in [1.29, 1.82) is 0 Å². The Morgan fingerprint density at radius 2 is 2.44 bits per heavy atom. The molecule has 1 fully saturated rings. The molecule has 0 saturated heterocycles. The molecular formula is C11H13N5O2. The lowest BCUT2D eigenvalue weighted by atomic mass is 9.65. The minimum atomic E-state index is -0.385. The van der Waals surface area contributed by atoms with E-state index in [4.69, 9.17) is 4.52 Å². The summed E-state index contributed by atoms with van der Waals surface area (Å²) in [6.07, 6.45) is 6.54. The zero-order valence-electron chi connectivity index (χ0n) is 9.72. The highest BCUT2D eigenvalue weighted by Gasteiger charge is 2.44. The Kier molecular flexibility index (Phi) is 2.58. The Hall–Kier alpha value is -2.18. The highest BCUT2D eigenvalue weighted by molar-refractivity contribution is 5.95. The lowest BCUT2D eigenvalue weighted by molar-refractivity contribution is -0.130. The van der Waals surface area contributed by atoms with E-state index in [1.807, 2.05) is 0 Å². The van der Waals surface area contributed by atoms with Crippen LogP contribution >= 0.6 is 0 Å². The van der Waals surface area contributed by atoms with E-state index in [-0.39, 0.29) is 11.3 Å². The molecule has 2 aromatic rings. The molecule has 1 amide bonds. The molecule has 1 aliphatic carbocycles. The zero-order chi connectivity index (χ0) is 12.4. The fourth-order valence-corrected chi connectivity index (χ4v) is 2.27. The van der Waals surface area contributed by atoms with Gasteiger partial charge in [-0.05, 0) is 12.8 Å². The van der Waals surface area contributed by atoms with E-state index >= 15 is 0 Å². The first-order valence-electron chi connectivity index (χ1n) is 5.85. The Balaban J connectivity index is 1.73. The first kappa shape index (κ1) is 10.9. The van der Waals surface area contributed by atoms with Crippen LogP contribution in [0.15, 0.2) is 23.0 Å². The number of H-pyrrole nitrogens is 1. The molecule has 18 heavy (non-hydrogen) atoms. The van der Waals surface area contributed by atoms with Crippen LogP contribution < -0.4 is 5.32 Å². The SMILES string of the molecule is O=C(Nc1ccno1)C1(Cc2cn[nH]n2)CCC1. The number of amides is 1. The molecule has 1 saturated carbocycles. The number of rotatable bonds is 4. The lowest BCUT2D eigenvalue weighted by Crippen LogP contribution is -2.43. The molecule has 1 aliphatic rings. The molecule has 94 valence electrons. The van der Waals surface area contributed by atoms with Gasteiger partial charge in [0.05, 0.1) is 23.5 Å². The highest BCUT2D eigenvalue weighted by Crippen LogP contribution is 2.44. The largest absolute Gasteiger partial charge is 0.338 e. The number of carbonyl (C=O) groups is 1. The summed E-state index contributed by atoms with van der Waals surface area (Å²) in [4.78, 5) is 12.3. The molecule has 2 N–H and O–H groups in total. The highest BCUT2D eigenvalue weighted by atomic mass is 16.5. The Morgan fingerprint density at radius 3 is 3.00 bits per heavy atom. The average Bonchev–Trinajstić information content (AvgIpc) is 2.95. The predicted molar refractivity (Wildman–Crippen MR) is 61.5 cm³/mol. The number of aromatic nitrogens is 4. The van der Waals surface area contributed by atoms with Gasteiger partial charge in [0.15, 0.2) is 0 Å². The number of nitrogens with zero attached hydrogens (tertiary/aromatic N) is 3. The van der Waals surface area contributed by atoms with Gasteiger partial charge < -0.3 is 4.52 Å². The van der Waals surface area contributed by atoms with Gasteiger partial charge >= 0.3 is 0 Å². The summed E-state index contributed by atoms with van der Waals surface area (Å²) in [6, 6.07) is 1.63. The first-order chi connectivity index (χ1) is 8.78. The molecule has 7 heteroatoms. The topological polar surface area (TPSA) is 96.7 Å². The number of anilines is 1. The molecule has 0 bridgehead atoms. The number of carbonyl (C=O) groups excluding carboxylic acids is 1. The Bertz CT molecular complexity index is 516. The third kappa shape index (κ3) is 1.87. The van der Waals surface area contributed by atoms with E-state index in [1.165, 1.54) is 6.20 Å². The summed E-state index contributed by atoms with van der Waals surface area (Å²) < 4.78 is 4.89. The van der Waals surface area contributed by atoms with Crippen molar-refractivity contribution in [2.75, 3.05) is 5.32 Å². The number of hydrogen-bond acceptors (Lipinski definition) is 5. The summed E-state index contributed by atoms with van der Waals surface area (Å²) in [5, 5.41) is 16.6. The number of hydrogen-bond donors (Lipinski definition) is 2. The minimum absolute atomic E-state index is 0.0338. The van der Waals surface area contributed by atoms with Crippen LogP contribution in [0.4, 0.5) is 5.88 Å². The fraction of sp³-hybridized carbons (Fsp3) is 0.455. The van der Waals surface area contributed by atoms with Gasteiger partial charge in [0, 0.05) is 12.5 Å². The second-order valence-corrected chi connectivity index (χ2v) is 4.60. The maximum atomic E-state index is 12.3. The molecule has 0 spiro atoms. The van der Waals surface area contributed by atoms with Gasteiger partial charge in [-0.1, -0.05) is 11.6 Å². The van der Waals surface area contributed by atoms with E-state index in [0.717, 1.165) is 25.0 Å². The van der Waals surface area contributed by atoms with Crippen molar-refractivity contribution in [2.45, 2.75) is 25.7 Å². The Labute approximate surface area is 103 Å². The molecule has 3 rings (SSSR count). The van der Waals surface area contributed by atoms with Crippen molar-refractivity contribution in [3.8, 4) is 0 Å². The van der Waals surface area contributed by atoms with Crippen LogP contribution in [0, 0.1) is 5.41 Å². The van der Waals surface area contributed by atoms with Crippen LogP contribution in [0.1, 0.15) is 25.0 Å². The van der Waals surface area contributed by atoms with Gasteiger partial charge in [-0.15, -0.1) is 0 Å². The van der Waals surface area contributed by atoms with Crippen LogP contribution in [-0.4, -0.2) is 26.5 Å². The second kappa shape index (κ2) is 4.25. The molecule has 0 unspecified atom stereocenters. The van der Waals surface area contributed by atoms with Crippen molar-refractivity contribution in [2.24, 2.45) is 5.41 Å². The van der Waals surface area contributed by atoms with Crippen molar-refractivity contribution in [3.05, 3.63) is 24.2 Å². The molecule has 0 atom stereocenters. The zero-order valence-corrected chi connectivity index (χ0v) is 9.72. The number of aromatic amines is 1. The lowest BCUT2D eigenvalue weighted by Gasteiger charge is -2.39. The second-order valence-electron chi connectivity index (χ2n) is 4.60. The molecular weight excluding hydrogens is 234 g/mol. The van der Waals surface area contributed by atoms with Gasteiger partial charge in [0.25, 0.3) is 0 Å². The van der Waals surface area contributed by atoms with Crippen LogP contribution in [0.5, 0.6) is 0 Å². The first-order valence-corrected chi connectivity index (χ1v) is 5.85. The third-order valence-electron chi connectivity index (χ3n) is 3.45. The molecule has 7 nitrogen and oxygen atoms in total. The maximum Gasteiger partial charge on any atom is 0.233 e. The van der Waals surface area contributed by atoms with E-state index in [0.29, 0.717) is 12.3 Å². The molecule has 2 aromatic heterocycles. The van der Waals surface area contributed by atoms with E-state index < -0.39 is 0 Å². The molecule has 0 aliphatic heterocycles. The van der Waals surface area contributed by atoms with Gasteiger partial charge in [0.2, 0.25) is 11.8 Å². The van der Waals surface area contributed by atoms with Crippen molar-refractivity contribution in [3.63, 3.8) is 0 Å². The van der Waals surface area contributed by atoms with Crippen LogP contribution in [0.25, 0.3) is 0 Å². The van der Waals surface area contributed by atoms with Crippen LogP contribution in [0.3, 0.4) is 0 Å². The predicted octanol–water partition coefficient (Wildman–Crippen LogP) is 1.14. The van der Waals surface area contributed by atoms with E-state index in [9.17, 15) is 4.79 Å². The summed E-state index contributed by atoms with van der Waals surface area (Å²) in [6.45, 7) is 0. The minimum Gasteiger partial charge on any atom is -0.338 e. The number of nitrogens with one attached hydrogen (secondary N) is 2. The van der Waals surface area contributed by atoms with Gasteiger partial charge in [-0.2, -0.15) is 15.4 Å². The van der Waals surface area contributed by atoms with Gasteiger partial charge in [-0.3, -0.25) is 10.1 Å². The van der Waals surface area contributed by atoms with Crippen molar-refractivity contribution < 1.29 is 9.32 Å². The van der Waals surface area contributed by atoms with Gasteiger partial charge in [-0.25, -0.2) is 0 Å². The molecule has 0 radical (unpaired) electrons.